The highest BCUT2D eigenvalue weighted by molar-refractivity contribution is 5.63. The number of benzene rings is 1. The molecule has 0 radical (unpaired) electrons. The van der Waals surface area contributed by atoms with E-state index in [-0.39, 0.29) is 16.0 Å². The molecule has 1 fully saturated rings. The molecule has 0 atom stereocenters. The zero-order valence-corrected chi connectivity index (χ0v) is 12.6. The lowest BCUT2D eigenvalue weighted by Crippen LogP contribution is -2.33. The fourth-order valence-corrected chi connectivity index (χ4v) is 2.48. The molecule has 0 spiro atoms. The van der Waals surface area contributed by atoms with Crippen molar-refractivity contribution in [1.82, 2.24) is 0 Å². The van der Waals surface area contributed by atoms with Gasteiger partial charge in [0, 0.05) is 49.8 Å². The van der Waals surface area contributed by atoms with Gasteiger partial charge in [0.25, 0.3) is 5.69 Å². The summed E-state index contributed by atoms with van der Waals surface area (Å²) < 4.78 is 5.39. The van der Waals surface area contributed by atoms with Crippen molar-refractivity contribution in [2.45, 2.75) is 26.7 Å². The van der Waals surface area contributed by atoms with E-state index in [0.717, 1.165) is 50.5 Å². The highest BCUT2D eigenvalue weighted by atomic mass is 16.6. The van der Waals surface area contributed by atoms with Gasteiger partial charge in [-0.2, -0.15) is 0 Å². The van der Waals surface area contributed by atoms with Crippen LogP contribution in [0.3, 0.4) is 0 Å². The van der Waals surface area contributed by atoms with Crippen molar-refractivity contribution in [2.24, 2.45) is 5.41 Å². The first kappa shape index (κ1) is 15.6. The highest BCUT2D eigenvalue weighted by Gasteiger charge is 2.27. The molecule has 0 unspecified atom stereocenters. The second-order valence-electron chi connectivity index (χ2n) is 5.83. The molecule has 2 N–H and O–H groups in total. The quantitative estimate of drug-likeness (QED) is 0.622. The van der Waals surface area contributed by atoms with Crippen LogP contribution in [-0.2, 0) is 4.74 Å². The molecule has 6 nitrogen and oxygen atoms in total. The Morgan fingerprint density at radius 2 is 1.86 bits per heavy atom. The van der Waals surface area contributed by atoms with Crippen LogP contribution in [0.4, 0.5) is 17.1 Å². The van der Waals surface area contributed by atoms with Gasteiger partial charge in [0.15, 0.2) is 0 Å². The average molecular weight is 293 g/mol. The lowest BCUT2D eigenvalue weighted by Gasteiger charge is -2.34. The monoisotopic (exact) mass is 293 g/mol. The summed E-state index contributed by atoms with van der Waals surface area (Å²) in [6, 6.07) is 5.06. The Balaban J connectivity index is 2.09. The third-order valence-corrected chi connectivity index (χ3v) is 3.93. The molecule has 1 aromatic carbocycles. The molecule has 6 heteroatoms. The van der Waals surface area contributed by atoms with Crippen molar-refractivity contribution in [1.29, 1.82) is 0 Å². The van der Waals surface area contributed by atoms with E-state index < -0.39 is 0 Å². The van der Waals surface area contributed by atoms with E-state index >= 15 is 0 Å². The number of non-ortho nitro benzene ring substituents is 1. The van der Waals surface area contributed by atoms with E-state index in [2.05, 4.69) is 17.6 Å². The summed E-state index contributed by atoms with van der Waals surface area (Å²) >= 11 is 0. The van der Waals surface area contributed by atoms with Crippen molar-refractivity contribution in [3.63, 3.8) is 0 Å². The van der Waals surface area contributed by atoms with Crippen LogP contribution in [0.5, 0.6) is 0 Å². The Morgan fingerprint density at radius 3 is 2.43 bits per heavy atom. The third-order valence-electron chi connectivity index (χ3n) is 3.93. The number of rotatable bonds is 6. The van der Waals surface area contributed by atoms with Gasteiger partial charge in [0.1, 0.15) is 0 Å². The van der Waals surface area contributed by atoms with Crippen molar-refractivity contribution < 1.29 is 9.66 Å². The standard InChI is InChI=1S/C15H23N3O3/c1-3-16-12-8-13(10-14(9-12)18(19)20)17-11-15(2)4-6-21-7-5-15/h8-10,16-17H,3-7,11H2,1-2H3. The van der Waals surface area contributed by atoms with Crippen LogP contribution >= 0.6 is 0 Å². The Morgan fingerprint density at radius 1 is 1.24 bits per heavy atom. The predicted octanol–water partition coefficient (Wildman–Crippen LogP) is 3.26. The average Bonchev–Trinajstić information content (AvgIpc) is 2.46. The van der Waals surface area contributed by atoms with Crippen LogP contribution in [0.25, 0.3) is 0 Å². The van der Waals surface area contributed by atoms with Gasteiger partial charge in [0.2, 0.25) is 0 Å². The van der Waals surface area contributed by atoms with Crippen molar-refractivity contribution >= 4 is 17.1 Å². The van der Waals surface area contributed by atoms with Crippen molar-refractivity contribution in [2.75, 3.05) is 36.9 Å². The molecule has 2 rings (SSSR count). The first-order valence-electron chi connectivity index (χ1n) is 7.37. The zero-order chi connectivity index (χ0) is 15.3. The molecule has 1 heterocycles. The second kappa shape index (κ2) is 6.76. The Hall–Kier alpha value is -1.82. The lowest BCUT2D eigenvalue weighted by atomic mass is 9.82. The minimum atomic E-state index is -0.359. The van der Waals surface area contributed by atoms with Crippen molar-refractivity contribution in [3.8, 4) is 0 Å². The van der Waals surface area contributed by atoms with Crippen LogP contribution in [-0.4, -0.2) is 31.2 Å². The van der Waals surface area contributed by atoms with Crippen LogP contribution < -0.4 is 10.6 Å². The number of nitrogens with one attached hydrogen (secondary N) is 2. The van der Waals surface area contributed by atoms with E-state index in [1.54, 1.807) is 12.1 Å². The summed E-state index contributed by atoms with van der Waals surface area (Å²) in [4.78, 5) is 10.7. The molecular weight excluding hydrogens is 270 g/mol. The minimum absolute atomic E-state index is 0.105. The highest BCUT2D eigenvalue weighted by Crippen LogP contribution is 2.31. The molecule has 0 aliphatic carbocycles. The molecule has 0 amide bonds. The van der Waals surface area contributed by atoms with Gasteiger partial charge >= 0.3 is 0 Å². The van der Waals surface area contributed by atoms with Crippen LogP contribution in [0.2, 0.25) is 0 Å². The Labute approximate surface area is 125 Å². The Bertz CT molecular complexity index is 499. The number of anilines is 2. The van der Waals surface area contributed by atoms with E-state index in [1.165, 1.54) is 0 Å². The fraction of sp³-hybridized carbons (Fsp3) is 0.600. The molecule has 0 bridgehead atoms. The van der Waals surface area contributed by atoms with Crippen LogP contribution in [0, 0.1) is 15.5 Å². The van der Waals surface area contributed by atoms with Gasteiger partial charge in [-0.1, -0.05) is 6.92 Å². The zero-order valence-electron chi connectivity index (χ0n) is 12.6. The maximum absolute atomic E-state index is 11.0. The van der Waals surface area contributed by atoms with Gasteiger partial charge < -0.3 is 15.4 Å². The normalized spacial score (nSPS) is 17.2. The largest absolute Gasteiger partial charge is 0.385 e. The lowest BCUT2D eigenvalue weighted by molar-refractivity contribution is -0.384. The van der Waals surface area contributed by atoms with E-state index in [4.69, 9.17) is 4.74 Å². The molecule has 116 valence electrons. The maximum Gasteiger partial charge on any atom is 0.273 e. The van der Waals surface area contributed by atoms with Crippen LogP contribution in [0.1, 0.15) is 26.7 Å². The minimum Gasteiger partial charge on any atom is -0.385 e. The van der Waals surface area contributed by atoms with Gasteiger partial charge in [-0.3, -0.25) is 10.1 Å². The number of ether oxygens (including phenoxy) is 1. The molecule has 0 aromatic heterocycles. The summed E-state index contributed by atoms with van der Waals surface area (Å²) in [5.41, 5.74) is 1.84. The first-order valence-corrected chi connectivity index (χ1v) is 7.37. The molecule has 21 heavy (non-hydrogen) atoms. The van der Waals surface area contributed by atoms with E-state index in [0.29, 0.717) is 0 Å². The second-order valence-corrected chi connectivity index (χ2v) is 5.83. The molecule has 1 aromatic rings. The third kappa shape index (κ3) is 4.32. The number of hydrogen-bond donors (Lipinski definition) is 2. The molecule has 1 aliphatic rings. The summed E-state index contributed by atoms with van der Waals surface area (Å²) in [6.45, 7) is 7.30. The van der Waals surface area contributed by atoms with Gasteiger partial charge in [-0.25, -0.2) is 0 Å². The molecule has 1 aliphatic heterocycles. The van der Waals surface area contributed by atoms with E-state index in [1.807, 2.05) is 13.0 Å². The number of nitro groups is 1. The summed E-state index contributed by atoms with van der Waals surface area (Å²) in [7, 11) is 0. The summed E-state index contributed by atoms with van der Waals surface area (Å²) in [6.07, 6.45) is 2.02. The predicted molar refractivity (Wildman–Crippen MR) is 83.9 cm³/mol. The Kier molecular flexibility index (Phi) is 5.01. The smallest absolute Gasteiger partial charge is 0.273 e. The van der Waals surface area contributed by atoms with Gasteiger partial charge in [0.05, 0.1) is 4.92 Å². The topological polar surface area (TPSA) is 76.4 Å². The van der Waals surface area contributed by atoms with Gasteiger partial charge in [-0.15, -0.1) is 0 Å². The first-order chi connectivity index (χ1) is 10.0. The van der Waals surface area contributed by atoms with E-state index in [9.17, 15) is 10.1 Å². The van der Waals surface area contributed by atoms with Crippen molar-refractivity contribution in [3.05, 3.63) is 28.3 Å². The number of hydrogen-bond acceptors (Lipinski definition) is 5. The number of nitro benzene ring substituents is 1. The molecule has 0 saturated carbocycles. The van der Waals surface area contributed by atoms with Gasteiger partial charge in [-0.05, 0) is 31.2 Å². The molecule has 1 saturated heterocycles. The van der Waals surface area contributed by atoms with Crippen LogP contribution in [0.15, 0.2) is 18.2 Å². The summed E-state index contributed by atoms with van der Waals surface area (Å²) in [5.74, 6) is 0. The SMILES string of the molecule is CCNc1cc(NCC2(C)CCOCC2)cc([N+](=O)[O-])c1. The fourth-order valence-electron chi connectivity index (χ4n) is 2.48. The molecular formula is C15H23N3O3. The summed E-state index contributed by atoms with van der Waals surface area (Å²) in [5, 5.41) is 17.5. The number of nitrogens with zero attached hydrogens (tertiary/aromatic N) is 1. The maximum atomic E-state index is 11.0.